The van der Waals surface area contributed by atoms with Gasteiger partial charge in [0.15, 0.2) is 4.34 Å². The number of rotatable bonds is 7. The summed E-state index contributed by atoms with van der Waals surface area (Å²) in [6.07, 6.45) is 1.80. The predicted molar refractivity (Wildman–Crippen MR) is 86.4 cm³/mol. The number of aromatic nitrogens is 2. The first-order valence-corrected chi connectivity index (χ1v) is 8.14. The van der Waals surface area contributed by atoms with Gasteiger partial charge in [-0.2, -0.15) is 0 Å². The second-order valence-corrected chi connectivity index (χ2v) is 6.13. The first-order chi connectivity index (χ1) is 10.2. The quantitative estimate of drug-likeness (QED) is 0.480. The minimum absolute atomic E-state index is 0.213. The van der Waals surface area contributed by atoms with E-state index in [1.165, 1.54) is 23.1 Å². The highest BCUT2D eigenvalue weighted by molar-refractivity contribution is 8.01. The van der Waals surface area contributed by atoms with Crippen LogP contribution in [0.2, 0.25) is 0 Å². The Morgan fingerprint density at radius 3 is 2.86 bits per heavy atom. The van der Waals surface area contributed by atoms with E-state index in [0.29, 0.717) is 17.3 Å². The minimum atomic E-state index is -0.213. The van der Waals surface area contributed by atoms with Gasteiger partial charge in [0.1, 0.15) is 5.75 Å². The van der Waals surface area contributed by atoms with Gasteiger partial charge in [-0.3, -0.25) is 10.1 Å². The van der Waals surface area contributed by atoms with E-state index in [4.69, 9.17) is 4.74 Å². The molecular weight excluding hydrogens is 306 g/mol. The molecule has 0 aliphatic heterocycles. The summed E-state index contributed by atoms with van der Waals surface area (Å²) >= 11 is 2.87. The fourth-order valence-corrected chi connectivity index (χ4v) is 3.00. The van der Waals surface area contributed by atoms with E-state index in [-0.39, 0.29) is 5.91 Å². The molecule has 2 aromatic rings. The largest absolute Gasteiger partial charge is 0.494 e. The van der Waals surface area contributed by atoms with Crippen LogP contribution in [0.25, 0.3) is 0 Å². The van der Waals surface area contributed by atoms with E-state index in [0.717, 1.165) is 15.8 Å². The molecule has 1 aromatic heterocycles. The molecule has 0 unspecified atom stereocenters. The summed E-state index contributed by atoms with van der Waals surface area (Å²) < 4.78 is 6.14. The fraction of sp³-hybridized carbons (Fsp3) is 0.214. The summed E-state index contributed by atoms with van der Waals surface area (Å²) in [5.74, 6) is 1.30. The molecule has 0 aliphatic rings. The Kier molecular flexibility index (Phi) is 5.77. The summed E-state index contributed by atoms with van der Waals surface area (Å²) in [5.41, 5.74) is 0.550. The third-order valence-corrected chi connectivity index (χ3v) is 4.35. The van der Waals surface area contributed by atoms with Crippen molar-refractivity contribution in [1.29, 1.82) is 0 Å². The lowest BCUT2D eigenvalue weighted by molar-refractivity contribution is 0.102. The van der Waals surface area contributed by atoms with E-state index >= 15 is 0 Å². The SMILES string of the molecule is C=CCSc1nnc(NC(=O)c2ccc(OCC)cc2)s1. The maximum Gasteiger partial charge on any atom is 0.257 e. The van der Waals surface area contributed by atoms with Crippen LogP contribution in [0.5, 0.6) is 5.75 Å². The molecule has 21 heavy (non-hydrogen) atoms. The molecule has 1 aromatic carbocycles. The van der Waals surface area contributed by atoms with Gasteiger partial charge < -0.3 is 4.74 Å². The third kappa shape index (κ3) is 4.57. The van der Waals surface area contributed by atoms with Crippen molar-refractivity contribution in [2.75, 3.05) is 17.7 Å². The lowest BCUT2D eigenvalue weighted by Crippen LogP contribution is -2.11. The lowest BCUT2D eigenvalue weighted by atomic mass is 10.2. The topological polar surface area (TPSA) is 64.1 Å². The molecule has 110 valence electrons. The lowest BCUT2D eigenvalue weighted by Gasteiger charge is -2.04. The number of amides is 1. The standard InChI is InChI=1S/C14H15N3O2S2/c1-3-9-20-14-17-16-13(21-14)15-12(18)10-5-7-11(8-6-10)19-4-2/h3,5-8H,1,4,9H2,2H3,(H,15,16,18). The normalized spacial score (nSPS) is 10.1. The fourth-order valence-electron chi connectivity index (χ4n) is 1.49. The Balaban J connectivity index is 1.97. The van der Waals surface area contributed by atoms with Gasteiger partial charge in [0, 0.05) is 11.3 Å². The van der Waals surface area contributed by atoms with Crippen molar-refractivity contribution in [3.63, 3.8) is 0 Å². The average Bonchev–Trinajstić information content (AvgIpc) is 2.93. The molecule has 1 N–H and O–H groups in total. The number of hydrogen-bond acceptors (Lipinski definition) is 6. The summed E-state index contributed by atoms with van der Waals surface area (Å²) in [6, 6.07) is 6.97. The summed E-state index contributed by atoms with van der Waals surface area (Å²) in [4.78, 5) is 12.1. The molecule has 0 aliphatic carbocycles. The number of hydrogen-bond donors (Lipinski definition) is 1. The molecule has 0 radical (unpaired) electrons. The minimum Gasteiger partial charge on any atom is -0.494 e. The van der Waals surface area contributed by atoms with E-state index in [9.17, 15) is 4.79 Å². The molecule has 1 heterocycles. The van der Waals surface area contributed by atoms with Crippen LogP contribution < -0.4 is 10.1 Å². The molecule has 0 atom stereocenters. The predicted octanol–water partition coefficient (Wildman–Crippen LogP) is 3.47. The van der Waals surface area contributed by atoms with Gasteiger partial charge in [-0.15, -0.1) is 16.8 Å². The molecule has 0 saturated heterocycles. The highest BCUT2D eigenvalue weighted by Crippen LogP contribution is 2.25. The van der Waals surface area contributed by atoms with Gasteiger partial charge >= 0.3 is 0 Å². The number of carbonyl (C=O) groups is 1. The van der Waals surface area contributed by atoms with Crippen molar-refractivity contribution in [3.05, 3.63) is 42.5 Å². The average molecular weight is 321 g/mol. The monoisotopic (exact) mass is 321 g/mol. The second kappa shape index (κ2) is 7.80. The first kappa shape index (κ1) is 15.5. The van der Waals surface area contributed by atoms with Crippen LogP contribution in [-0.4, -0.2) is 28.5 Å². The van der Waals surface area contributed by atoms with Gasteiger partial charge in [0.2, 0.25) is 5.13 Å². The van der Waals surface area contributed by atoms with Gasteiger partial charge in [-0.25, -0.2) is 0 Å². The number of nitrogens with zero attached hydrogens (tertiary/aromatic N) is 2. The molecule has 2 rings (SSSR count). The summed E-state index contributed by atoms with van der Waals surface area (Å²) in [6.45, 7) is 6.16. The highest BCUT2D eigenvalue weighted by Gasteiger charge is 2.10. The van der Waals surface area contributed by atoms with Gasteiger partial charge in [-0.1, -0.05) is 29.2 Å². The molecule has 0 fully saturated rings. The Bertz CT molecular complexity index is 611. The zero-order chi connectivity index (χ0) is 15.1. The van der Waals surface area contributed by atoms with Crippen molar-refractivity contribution in [1.82, 2.24) is 10.2 Å². The molecule has 0 bridgehead atoms. The van der Waals surface area contributed by atoms with E-state index in [1.807, 2.05) is 6.92 Å². The number of ether oxygens (including phenoxy) is 1. The zero-order valence-corrected chi connectivity index (χ0v) is 13.2. The van der Waals surface area contributed by atoms with Crippen molar-refractivity contribution in [3.8, 4) is 5.75 Å². The second-order valence-electron chi connectivity index (χ2n) is 3.88. The van der Waals surface area contributed by atoms with E-state index in [1.54, 1.807) is 30.3 Å². The number of thioether (sulfide) groups is 1. The zero-order valence-electron chi connectivity index (χ0n) is 11.5. The van der Waals surface area contributed by atoms with E-state index < -0.39 is 0 Å². The van der Waals surface area contributed by atoms with Crippen molar-refractivity contribution in [2.45, 2.75) is 11.3 Å². The third-order valence-electron chi connectivity index (χ3n) is 2.38. The van der Waals surface area contributed by atoms with Gasteiger partial charge in [0.25, 0.3) is 5.91 Å². The summed E-state index contributed by atoms with van der Waals surface area (Å²) in [5, 5.41) is 11.1. The molecule has 5 nitrogen and oxygen atoms in total. The van der Waals surface area contributed by atoms with Crippen molar-refractivity contribution in [2.24, 2.45) is 0 Å². The Hall–Kier alpha value is -1.86. The molecule has 7 heteroatoms. The van der Waals surface area contributed by atoms with Crippen LogP contribution in [0.3, 0.4) is 0 Å². The van der Waals surface area contributed by atoms with Crippen molar-refractivity contribution < 1.29 is 9.53 Å². The number of anilines is 1. The van der Waals surface area contributed by atoms with Gasteiger partial charge in [-0.05, 0) is 31.2 Å². The van der Waals surface area contributed by atoms with Crippen LogP contribution in [0.15, 0.2) is 41.3 Å². The van der Waals surface area contributed by atoms with Gasteiger partial charge in [0.05, 0.1) is 6.61 Å². The molecule has 0 saturated carbocycles. The van der Waals surface area contributed by atoms with Crippen LogP contribution in [0.4, 0.5) is 5.13 Å². The van der Waals surface area contributed by atoms with Crippen molar-refractivity contribution >= 4 is 34.1 Å². The molecular formula is C14H15N3O2S2. The van der Waals surface area contributed by atoms with Crippen LogP contribution in [0, 0.1) is 0 Å². The van der Waals surface area contributed by atoms with E-state index in [2.05, 4.69) is 22.1 Å². The Morgan fingerprint density at radius 1 is 1.43 bits per heavy atom. The maximum absolute atomic E-state index is 12.1. The first-order valence-electron chi connectivity index (χ1n) is 6.34. The highest BCUT2D eigenvalue weighted by atomic mass is 32.2. The molecule has 1 amide bonds. The number of nitrogens with one attached hydrogen (secondary N) is 1. The number of carbonyl (C=O) groups excluding carboxylic acids is 1. The maximum atomic E-state index is 12.1. The van der Waals surface area contributed by atoms with Crippen LogP contribution in [-0.2, 0) is 0 Å². The Labute approximate surface area is 131 Å². The Morgan fingerprint density at radius 2 is 2.19 bits per heavy atom. The van der Waals surface area contributed by atoms with Crippen LogP contribution in [0.1, 0.15) is 17.3 Å². The number of benzene rings is 1. The molecule has 0 spiro atoms. The van der Waals surface area contributed by atoms with Crippen LogP contribution >= 0.6 is 23.1 Å². The summed E-state index contributed by atoms with van der Waals surface area (Å²) in [7, 11) is 0. The smallest absolute Gasteiger partial charge is 0.257 e.